The Hall–Kier alpha value is -0.570. The van der Waals surface area contributed by atoms with Crippen molar-refractivity contribution in [2.45, 2.75) is 56.6 Å². The van der Waals surface area contributed by atoms with Crippen molar-refractivity contribution >= 4 is 5.78 Å². The Morgan fingerprint density at radius 1 is 1.05 bits per heavy atom. The van der Waals surface area contributed by atoms with Crippen molar-refractivity contribution in [3.63, 3.8) is 0 Å². The van der Waals surface area contributed by atoms with Crippen molar-refractivity contribution in [3.05, 3.63) is 0 Å². The van der Waals surface area contributed by atoms with Gasteiger partial charge in [0.1, 0.15) is 6.10 Å². The van der Waals surface area contributed by atoms with Crippen molar-refractivity contribution in [2.24, 2.45) is 0 Å². The number of ketones is 1. The summed E-state index contributed by atoms with van der Waals surface area (Å²) in [5.74, 6) is -0.0772. The van der Waals surface area contributed by atoms with Crippen LogP contribution < -0.4 is 0 Å². The molecule has 22 heavy (non-hydrogen) atoms. The zero-order valence-electron chi connectivity index (χ0n) is 13.0. The van der Waals surface area contributed by atoms with Crippen molar-refractivity contribution in [2.75, 3.05) is 32.7 Å². The van der Waals surface area contributed by atoms with Crippen LogP contribution in [0.15, 0.2) is 0 Å². The number of piperidine rings is 1. The molecule has 4 N–H and O–H groups in total. The van der Waals surface area contributed by atoms with Crippen LogP contribution in [0.5, 0.6) is 0 Å². The molecular formula is C15H28N2O5. The van der Waals surface area contributed by atoms with Gasteiger partial charge >= 0.3 is 0 Å². The minimum absolute atomic E-state index is 0.0772. The minimum Gasteiger partial charge on any atom is -0.389 e. The average molecular weight is 316 g/mol. The van der Waals surface area contributed by atoms with Crippen LogP contribution in [0.4, 0.5) is 0 Å². The number of carbonyl (C=O) groups excluding carboxylic acids is 1. The van der Waals surface area contributed by atoms with Crippen molar-refractivity contribution < 1.29 is 25.2 Å². The number of Topliss-reactive ketones (excluding diaryl/α,β-unsaturated/α-hetero) is 1. The Labute approximate surface area is 131 Å². The van der Waals surface area contributed by atoms with E-state index in [1.165, 1.54) is 0 Å². The lowest BCUT2D eigenvalue weighted by atomic mass is 9.92. The number of likely N-dealkylation sites (tertiary alicyclic amines) is 2. The van der Waals surface area contributed by atoms with Crippen molar-refractivity contribution in [1.29, 1.82) is 0 Å². The molecule has 0 aromatic carbocycles. The molecule has 0 radical (unpaired) electrons. The van der Waals surface area contributed by atoms with Gasteiger partial charge in [0, 0.05) is 25.9 Å². The fourth-order valence-corrected chi connectivity index (χ4v) is 3.43. The minimum atomic E-state index is -1.43. The zero-order valence-corrected chi connectivity index (χ0v) is 13.0. The Morgan fingerprint density at radius 2 is 1.73 bits per heavy atom. The molecule has 0 aromatic rings. The molecule has 2 aliphatic heterocycles. The van der Waals surface area contributed by atoms with Gasteiger partial charge in [-0.05, 0) is 38.9 Å². The standard InChI is InChI=1S/C15H28N2O5/c18-11-4-3-8-17(9-5-13(20)21)14(11)15(22)12(19)10-16-6-1-2-7-16/h12-15,19-22H,1-10H2. The second kappa shape index (κ2) is 8.33. The van der Waals surface area contributed by atoms with E-state index in [9.17, 15) is 15.0 Å². The van der Waals surface area contributed by atoms with E-state index in [-0.39, 0.29) is 12.2 Å². The largest absolute Gasteiger partial charge is 0.389 e. The summed E-state index contributed by atoms with van der Waals surface area (Å²) in [6.45, 7) is 3.16. The first-order valence-corrected chi connectivity index (χ1v) is 8.20. The van der Waals surface area contributed by atoms with Crippen molar-refractivity contribution in [1.82, 2.24) is 9.80 Å². The third-order valence-electron chi connectivity index (χ3n) is 4.63. The highest BCUT2D eigenvalue weighted by Gasteiger charge is 2.39. The van der Waals surface area contributed by atoms with E-state index >= 15 is 0 Å². The number of carbonyl (C=O) groups is 1. The molecule has 7 heteroatoms. The third kappa shape index (κ3) is 4.71. The van der Waals surface area contributed by atoms with Gasteiger partial charge in [-0.3, -0.25) is 9.69 Å². The molecule has 2 heterocycles. The summed E-state index contributed by atoms with van der Waals surface area (Å²) < 4.78 is 0. The van der Waals surface area contributed by atoms with Gasteiger partial charge in [0.15, 0.2) is 12.1 Å². The first-order chi connectivity index (χ1) is 10.5. The van der Waals surface area contributed by atoms with Gasteiger partial charge in [-0.1, -0.05) is 0 Å². The molecule has 0 bridgehead atoms. The summed E-state index contributed by atoms with van der Waals surface area (Å²) in [4.78, 5) is 16.0. The molecule has 2 rings (SSSR count). The molecule has 2 saturated heterocycles. The van der Waals surface area contributed by atoms with Crippen LogP contribution >= 0.6 is 0 Å². The van der Waals surface area contributed by atoms with Crippen LogP contribution in [0.2, 0.25) is 0 Å². The van der Waals surface area contributed by atoms with Gasteiger partial charge < -0.3 is 25.3 Å². The fourth-order valence-electron chi connectivity index (χ4n) is 3.43. The normalized spacial score (nSPS) is 27.5. The SMILES string of the molecule is O=C1CCCN(CCC(O)O)C1C(O)C(O)CN1CCCC1. The molecule has 0 amide bonds. The highest BCUT2D eigenvalue weighted by Crippen LogP contribution is 2.20. The van der Waals surface area contributed by atoms with E-state index in [0.29, 0.717) is 32.5 Å². The Kier molecular flexibility index (Phi) is 6.73. The maximum absolute atomic E-state index is 12.2. The number of aliphatic hydroxyl groups excluding tert-OH is 3. The van der Waals surface area contributed by atoms with Crippen molar-refractivity contribution in [3.8, 4) is 0 Å². The van der Waals surface area contributed by atoms with Crippen LogP contribution in [-0.4, -0.2) is 93.3 Å². The summed E-state index contributed by atoms with van der Waals surface area (Å²) in [6.07, 6.45) is -0.0987. The Bertz CT molecular complexity index is 360. The molecule has 0 aromatic heterocycles. The number of hydrogen-bond acceptors (Lipinski definition) is 7. The number of aliphatic hydroxyl groups is 4. The zero-order chi connectivity index (χ0) is 16.1. The molecule has 2 fully saturated rings. The topological polar surface area (TPSA) is 104 Å². The van der Waals surface area contributed by atoms with E-state index in [1.54, 1.807) is 4.90 Å². The van der Waals surface area contributed by atoms with E-state index in [4.69, 9.17) is 10.2 Å². The maximum Gasteiger partial charge on any atom is 0.152 e. The Balaban J connectivity index is 1.95. The first kappa shape index (κ1) is 17.8. The Morgan fingerprint density at radius 3 is 2.36 bits per heavy atom. The fraction of sp³-hybridized carbons (Fsp3) is 0.933. The number of hydrogen-bond donors (Lipinski definition) is 4. The molecule has 128 valence electrons. The lowest BCUT2D eigenvalue weighted by Crippen LogP contribution is -2.57. The second-order valence-electron chi connectivity index (χ2n) is 6.39. The van der Waals surface area contributed by atoms with E-state index < -0.39 is 24.5 Å². The number of β-amino-alcohol motifs (C(OH)–C–C–N with tert-alkyl or cyclic N) is 1. The second-order valence-corrected chi connectivity index (χ2v) is 6.39. The van der Waals surface area contributed by atoms with Gasteiger partial charge in [-0.25, -0.2) is 0 Å². The number of rotatable bonds is 7. The van der Waals surface area contributed by atoms with E-state index in [1.807, 2.05) is 0 Å². The van der Waals surface area contributed by atoms with E-state index in [2.05, 4.69) is 4.90 Å². The van der Waals surface area contributed by atoms with Crippen LogP contribution in [0.1, 0.15) is 32.1 Å². The molecule has 0 saturated carbocycles. The predicted molar refractivity (Wildman–Crippen MR) is 80.1 cm³/mol. The quantitative estimate of drug-likeness (QED) is 0.425. The van der Waals surface area contributed by atoms with Gasteiger partial charge in [-0.2, -0.15) is 0 Å². The smallest absolute Gasteiger partial charge is 0.152 e. The number of nitrogens with zero attached hydrogens (tertiary/aromatic N) is 2. The van der Waals surface area contributed by atoms with Gasteiger partial charge in [0.25, 0.3) is 0 Å². The molecule has 0 aliphatic carbocycles. The maximum atomic E-state index is 12.2. The molecule has 3 atom stereocenters. The van der Waals surface area contributed by atoms with Gasteiger partial charge in [0.05, 0.1) is 12.1 Å². The van der Waals surface area contributed by atoms with Crippen LogP contribution in [0.25, 0.3) is 0 Å². The van der Waals surface area contributed by atoms with E-state index in [0.717, 1.165) is 25.9 Å². The van der Waals surface area contributed by atoms with Gasteiger partial charge in [0.2, 0.25) is 0 Å². The summed E-state index contributed by atoms with van der Waals surface area (Å²) >= 11 is 0. The summed E-state index contributed by atoms with van der Waals surface area (Å²) in [6, 6.07) is -0.745. The third-order valence-corrected chi connectivity index (χ3v) is 4.63. The van der Waals surface area contributed by atoms with Gasteiger partial charge in [-0.15, -0.1) is 0 Å². The molecule has 3 unspecified atom stereocenters. The summed E-state index contributed by atoms with van der Waals surface area (Å²) in [5, 5.41) is 38.7. The highest BCUT2D eigenvalue weighted by atomic mass is 16.5. The lowest BCUT2D eigenvalue weighted by Gasteiger charge is -2.39. The molecular weight excluding hydrogens is 288 g/mol. The van der Waals surface area contributed by atoms with Crippen LogP contribution in [0.3, 0.4) is 0 Å². The van der Waals surface area contributed by atoms with Crippen LogP contribution in [0, 0.1) is 0 Å². The predicted octanol–water partition coefficient (Wildman–Crippen LogP) is -1.46. The molecule has 7 nitrogen and oxygen atoms in total. The lowest BCUT2D eigenvalue weighted by molar-refractivity contribution is -0.138. The summed E-state index contributed by atoms with van der Waals surface area (Å²) in [5.41, 5.74) is 0. The van der Waals surface area contributed by atoms with Crippen LogP contribution in [-0.2, 0) is 4.79 Å². The molecule has 0 spiro atoms. The summed E-state index contributed by atoms with van der Waals surface area (Å²) in [7, 11) is 0. The highest BCUT2D eigenvalue weighted by molar-refractivity contribution is 5.85. The molecule has 2 aliphatic rings. The first-order valence-electron chi connectivity index (χ1n) is 8.20. The monoisotopic (exact) mass is 316 g/mol. The average Bonchev–Trinajstić information content (AvgIpc) is 2.97.